The highest BCUT2D eigenvalue weighted by molar-refractivity contribution is 9.10. The number of hydrogen-bond acceptors (Lipinski definition) is 3. The molecule has 0 atom stereocenters. The molecule has 2 rings (SSSR count). The number of nitrogens with zero attached hydrogens (tertiary/aromatic N) is 1. The van der Waals surface area contributed by atoms with Gasteiger partial charge in [0, 0.05) is 6.54 Å². The third-order valence-electron chi connectivity index (χ3n) is 2.35. The Hall–Kier alpha value is -1.55. The summed E-state index contributed by atoms with van der Waals surface area (Å²) in [4.78, 5) is 4.29. The van der Waals surface area contributed by atoms with Crippen LogP contribution in [-0.4, -0.2) is 18.1 Å². The molecule has 0 bridgehead atoms. The number of ether oxygens (including phenoxy) is 1. The summed E-state index contributed by atoms with van der Waals surface area (Å²) >= 11 is 3.34. The molecule has 0 saturated heterocycles. The van der Waals surface area contributed by atoms with Crippen molar-refractivity contribution in [3.05, 3.63) is 53.1 Å². The highest BCUT2D eigenvalue weighted by atomic mass is 79.9. The molecule has 1 aromatic heterocycles. The van der Waals surface area contributed by atoms with Crippen LogP contribution in [0.2, 0.25) is 0 Å². The lowest BCUT2D eigenvalue weighted by atomic mass is 10.3. The second-order valence-electron chi connectivity index (χ2n) is 3.79. The molecule has 0 aliphatic heterocycles. The SMILES string of the molecule is Brc1cccc(NCCCOc2ccccc2)n1. The predicted octanol–water partition coefficient (Wildman–Crippen LogP) is 3.73. The predicted molar refractivity (Wildman–Crippen MR) is 77.0 cm³/mol. The zero-order valence-electron chi connectivity index (χ0n) is 9.97. The number of anilines is 1. The zero-order valence-corrected chi connectivity index (χ0v) is 11.6. The Morgan fingerprint density at radius 3 is 2.67 bits per heavy atom. The molecular weight excluding hydrogens is 292 g/mol. The van der Waals surface area contributed by atoms with E-state index < -0.39 is 0 Å². The molecule has 0 aliphatic rings. The number of nitrogens with one attached hydrogen (secondary N) is 1. The van der Waals surface area contributed by atoms with Gasteiger partial charge in [-0.15, -0.1) is 0 Å². The smallest absolute Gasteiger partial charge is 0.127 e. The number of rotatable bonds is 6. The van der Waals surface area contributed by atoms with Gasteiger partial charge < -0.3 is 10.1 Å². The summed E-state index contributed by atoms with van der Waals surface area (Å²) < 4.78 is 6.44. The van der Waals surface area contributed by atoms with Crippen molar-refractivity contribution < 1.29 is 4.74 Å². The van der Waals surface area contributed by atoms with E-state index >= 15 is 0 Å². The van der Waals surface area contributed by atoms with Gasteiger partial charge in [-0.2, -0.15) is 0 Å². The fraction of sp³-hybridized carbons (Fsp3) is 0.214. The van der Waals surface area contributed by atoms with Crippen molar-refractivity contribution in [2.75, 3.05) is 18.5 Å². The van der Waals surface area contributed by atoms with E-state index in [0.29, 0.717) is 6.61 Å². The normalized spacial score (nSPS) is 10.1. The van der Waals surface area contributed by atoms with Crippen LogP contribution in [-0.2, 0) is 0 Å². The van der Waals surface area contributed by atoms with Crippen LogP contribution in [0, 0.1) is 0 Å². The number of halogens is 1. The van der Waals surface area contributed by atoms with E-state index in [1.165, 1.54) is 0 Å². The van der Waals surface area contributed by atoms with E-state index in [1.54, 1.807) is 0 Å². The van der Waals surface area contributed by atoms with Gasteiger partial charge in [-0.3, -0.25) is 0 Å². The maximum absolute atomic E-state index is 5.60. The fourth-order valence-electron chi connectivity index (χ4n) is 1.50. The zero-order chi connectivity index (χ0) is 12.6. The van der Waals surface area contributed by atoms with Crippen molar-refractivity contribution in [3.63, 3.8) is 0 Å². The van der Waals surface area contributed by atoms with E-state index in [9.17, 15) is 0 Å². The fourth-order valence-corrected chi connectivity index (χ4v) is 1.85. The van der Waals surface area contributed by atoms with Crippen LogP contribution in [0.5, 0.6) is 5.75 Å². The van der Waals surface area contributed by atoms with Gasteiger partial charge in [-0.1, -0.05) is 24.3 Å². The maximum atomic E-state index is 5.60. The number of hydrogen-bond donors (Lipinski definition) is 1. The summed E-state index contributed by atoms with van der Waals surface area (Å²) in [5.74, 6) is 1.79. The highest BCUT2D eigenvalue weighted by Crippen LogP contribution is 2.10. The summed E-state index contributed by atoms with van der Waals surface area (Å²) in [6.07, 6.45) is 0.934. The van der Waals surface area contributed by atoms with E-state index in [1.807, 2.05) is 48.5 Å². The summed E-state index contributed by atoms with van der Waals surface area (Å²) in [6, 6.07) is 15.7. The van der Waals surface area contributed by atoms with Crippen LogP contribution in [0.4, 0.5) is 5.82 Å². The third-order valence-corrected chi connectivity index (χ3v) is 2.80. The first-order valence-electron chi connectivity index (χ1n) is 5.89. The first-order valence-corrected chi connectivity index (χ1v) is 6.68. The van der Waals surface area contributed by atoms with Crippen molar-refractivity contribution in [2.45, 2.75) is 6.42 Å². The van der Waals surface area contributed by atoms with Crippen molar-refractivity contribution >= 4 is 21.7 Å². The molecule has 0 radical (unpaired) electrons. The molecule has 1 N–H and O–H groups in total. The number of para-hydroxylation sites is 1. The third kappa shape index (κ3) is 4.37. The second kappa shape index (κ2) is 7.01. The van der Waals surface area contributed by atoms with Gasteiger partial charge in [-0.05, 0) is 46.6 Å². The first-order chi connectivity index (χ1) is 8.84. The minimum atomic E-state index is 0.699. The van der Waals surface area contributed by atoms with Gasteiger partial charge in [0.1, 0.15) is 16.2 Å². The molecule has 3 nitrogen and oxygen atoms in total. The largest absolute Gasteiger partial charge is 0.494 e. The van der Waals surface area contributed by atoms with Crippen LogP contribution in [0.25, 0.3) is 0 Å². The average molecular weight is 307 g/mol. The van der Waals surface area contributed by atoms with E-state index in [-0.39, 0.29) is 0 Å². The first kappa shape index (κ1) is 12.9. The molecule has 0 saturated carbocycles. The maximum Gasteiger partial charge on any atom is 0.127 e. The summed E-state index contributed by atoms with van der Waals surface area (Å²) in [7, 11) is 0. The second-order valence-corrected chi connectivity index (χ2v) is 4.60. The van der Waals surface area contributed by atoms with Crippen molar-refractivity contribution in [1.82, 2.24) is 4.98 Å². The van der Waals surface area contributed by atoms with Crippen molar-refractivity contribution in [1.29, 1.82) is 0 Å². The van der Waals surface area contributed by atoms with Gasteiger partial charge in [0.2, 0.25) is 0 Å². The van der Waals surface area contributed by atoms with E-state index in [2.05, 4.69) is 26.2 Å². The molecule has 0 spiro atoms. The van der Waals surface area contributed by atoms with Crippen LogP contribution in [0.15, 0.2) is 53.1 Å². The summed E-state index contributed by atoms with van der Waals surface area (Å²) in [5, 5.41) is 3.25. The Morgan fingerprint density at radius 1 is 1.06 bits per heavy atom. The molecule has 4 heteroatoms. The van der Waals surface area contributed by atoms with Crippen LogP contribution >= 0.6 is 15.9 Å². The molecule has 2 aromatic rings. The van der Waals surface area contributed by atoms with Gasteiger partial charge in [0.25, 0.3) is 0 Å². The number of benzene rings is 1. The van der Waals surface area contributed by atoms with Crippen molar-refractivity contribution in [2.24, 2.45) is 0 Å². The van der Waals surface area contributed by atoms with Crippen LogP contribution < -0.4 is 10.1 Å². The molecule has 1 aromatic carbocycles. The molecule has 0 unspecified atom stereocenters. The Bertz CT molecular complexity index is 476. The Labute approximate surface area is 115 Å². The van der Waals surface area contributed by atoms with Gasteiger partial charge in [-0.25, -0.2) is 4.98 Å². The Kier molecular flexibility index (Phi) is 5.02. The molecule has 0 amide bonds. The van der Waals surface area contributed by atoms with Gasteiger partial charge in [0.05, 0.1) is 6.61 Å². The van der Waals surface area contributed by atoms with E-state index in [0.717, 1.165) is 29.1 Å². The standard InChI is InChI=1S/C14H15BrN2O/c15-13-8-4-9-14(17-13)16-10-5-11-18-12-6-2-1-3-7-12/h1-4,6-9H,5,10-11H2,(H,16,17). The minimum Gasteiger partial charge on any atom is -0.494 e. The lowest BCUT2D eigenvalue weighted by Crippen LogP contribution is -2.08. The molecule has 0 fully saturated rings. The molecule has 0 aliphatic carbocycles. The lowest BCUT2D eigenvalue weighted by Gasteiger charge is -2.07. The Morgan fingerprint density at radius 2 is 1.89 bits per heavy atom. The number of aromatic nitrogens is 1. The van der Waals surface area contributed by atoms with Crippen LogP contribution in [0.3, 0.4) is 0 Å². The minimum absolute atomic E-state index is 0.699. The molecule has 18 heavy (non-hydrogen) atoms. The summed E-state index contributed by atoms with van der Waals surface area (Å²) in [6.45, 7) is 1.54. The monoisotopic (exact) mass is 306 g/mol. The molecule has 94 valence electrons. The topological polar surface area (TPSA) is 34.1 Å². The summed E-state index contributed by atoms with van der Waals surface area (Å²) in [5.41, 5.74) is 0. The average Bonchev–Trinajstić information content (AvgIpc) is 2.40. The quantitative estimate of drug-likeness (QED) is 0.652. The number of pyridine rings is 1. The lowest BCUT2D eigenvalue weighted by molar-refractivity contribution is 0.315. The van der Waals surface area contributed by atoms with Gasteiger partial charge in [0.15, 0.2) is 0 Å². The van der Waals surface area contributed by atoms with Crippen molar-refractivity contribution in [3.8, 4) is 5.75 Å². The van der Waals surface area contributed by atoms with Crippen LogP contribution in [0.1, 0.15) is 6.42 Å². The molecular formula is C14H15BrN2O. The molecule has 1 heterocycles. The van der Waals surface area contributed by atoms with Gasteiger partial charge >= 0.3 is 0 Å². The Balaban J connectivity index is 1.65. The van der Waals surface area contributed by atoms with E-state index in [4.69, 9.17) is 4.74 Å². The highest BCUT2D eigenvalue weighted by Gasteiger charge is 1.95.